The van der Waals surface area contributed by atoms with E-state index in [1.165, 1.54) is 37.6 Å². The Kier molecular flexibility index (Phi) is 5.25. The van der Waals surface area contributed by atoms with E-state index in [0.717, 1.165) is 24.5 Å². The number of aryl methyl sites for hydroxylation is 1. The second kappa shape index (κ2) is 7.77. The lowest BCUT2D eigenvalue weighted by atomic mass is 9.97. The molecule has 1 aliphatic rings. The average molecular weight is 324 g/mol. The van der Waals surface area contributed by atoms with Crippen molar-refractivity contribution in [2.75, 3.05) is 22.9 Å². The van der Waals surface area contributed by atoms with Crippen molar-refractivity contribution in [1.29, 1.82) is 0 Å². The quantitative estimate of drug-likeness (QED) is 0.700. The van der Waals surface area contributed by atoms with E-state index < -0.39 is 0 Å². The van der Waals surface area contributed by atoms with Gasteiger partial charge in [-0.05, 0) is 51.2 Å². The van der Waals surface area contributed by atoms with Crippen molar-refractivity contribution in [1.82, 2.24) is 15.0 Å². The Morgan fingerprint density at radius 1 is 1.17 bits per heavy atom. The molecule has 0 spiro atoms. The molecule has 0 aromatic carbocycles. The summed E-state index contributed by atoms with van der Waals surface area (Å²) in [4.78, 5) is 12.9. The van der Waals surface area contributed by atoms with Gasteiger partial charge in [0.05, 0.1) is 0 Å². The van der Waals surface area contributed by atoms with Crippen LogP contribution in [0, 0.1) is 6.92 Å². The van der Waals surface area contributed by atoms with Crippen molar-refractivity contribution in [3.8, 4) is 0 Å². The fourth-order valence-corrected chi connectivity index (χ4v) is 2.84. The van der Waals surface area contributed by atoms with Crippen molar-refractivity contribution >= 4 is 23.1 Å². The van der Waals surface area contributed by atoms with Crippen LogP contribution in [-0.2, 0) is 0 Å². The fraction of sp³-hybridized carbons (Fsp3) is 0.389. The third-order valence-electron chi connectivity index (χ3n) is 4.14. The standard InChI is InChI=1S/C18H24N6/c1-13-6-5-9-15(23-13)24-18-16(19)17(21-12-22-18)20-11-10-14-7-3-2-4-8-14/h5-7,9,12H,2-4,8,10-11,19H2,1H3,(H2,20,21,22,23,24). The lowest BCUT2D eigenvalue weighted by Gasteiger charge is -2.15. The van der Waals surface area contributed by atoms with E-state index in [1.54, 1.807) is 0 Å². The molecule has 0 aliphatic heterocycles. The first kappa shape index (κ1) is 16.2. The second-order valence-electron chi connectivity index (χ2n) is 6.06. The summed E-state index contributed by atoms with van der Waals surface area (Å²) in [5.74, 6) is 1.96. The van der Waals surface area contributed by atoms with Crippen LogP contribution < -0.4 is 16.4 Å². The van der Waals surface area contributed by atoms with Crippen LogP contribution in [0.15, 0.2) is 36.2 Å². The Balaban J connectivity index is 1.63. The summed E-state index contributed by atoms with van der Waals surface area (Å²) in [7, 11) is 0. The van der Waals surface area contributed by atoms with Gasteiger partial charge in [-0.15, -0.1) is 0 Å². The Hall–Kier alpha value is -2.63. The molecule has 0 radical (unpaired) electrons. The summed E-state index contributed by atoms with van der Waals surface area (Å²) in [6.07, 6.45) is 9.96. The molecule has 24 heavy (non-hydrogen) atoms. The maximum atomic E-state index is 6.20. The number of nitrogen functional groups attached to an aromatic ring is 1. The second-order valence-corrected chi connectivity index (χ2v) is 6.06. The minimum absolute atomic E-state index is 0.512. The van der Waals surface area contributed by atoms with Crippen LogP contribution in [0.1, 0.15) is 37.8 Å². The SMILES string of the molecule is Cc1cccc(Nc2ncnc(NCCC3=CCCCC3)c2N)n1. The van der Waals surface area contributed by atoms with E-state index >= 15 is 0 Å². The van der Waals surface area contributed by atoms with Gasteiger partial charge in [0.25, 0.3) is 0 Å². The topological polar surface area (TPSA) is 88.8 Å². The van der Waals surface area contributed by atoms with E-state index in [0.29, 0.717) is 17.3 Å². The van der Waals surface area contributed by atoms with Gasteiger partial charge in [-0.2, -0.15) is 0 Å². The fourth-order valence-electron chi connectivity index (χ4n) is 2.84. The van der Waals surface area contributed by atoms with Gasteiger partial charge in [0.1, 0.15) is 17.8 Å². The highest BCUT2D eigenvalue weighted by molar-refractivity contribution is 5.76. The predicted molar refractivity (Wildman–Crippen MR) is 98.4 cm³/mol. The maximum Gasteiger partial charge on any atom is 0.160 e. The number of nitrogens with two attached hydrogens (primary N) is 1. The zero-order valence-corrected chi connectivity index (χ0v) is 14.0. The van der Waals surface area contributed by atoms with Crippen molar-refractivity contribution in [3.63, 3.8) is 0 Å². The molecule has 6 heteroatoms. The number of nitrogens with zero attached hydrogens (tertiary/aromatic N) is 3. The number of hydrogen-bond acceptors (Lipinski definition) is 6. The summed E-state index contributed by atoms with van der Waals surface area (Å²) in [6.45, 7) is 2.77. The molecule has 4 N–H and O–H groups in total. The highest BCUT2D eigenvalue weighted by Gasteiger charge is 2.09. The molecule has 2 aromatic rings. The Morgan fingerprint density at radius 2 is 2.04 bits per heavy atom. The third kappa shape index (κ3) is 4.22. The van der Waals surface area contributed by atoms with E-state index in [9.17, 15) is 0 Å². The van der Waals surface area contributed by atoms with Gasteiger partial charge in [-0.3, -0.25) is 0 Å². The van der Waals surface area contributed by atoms with Crippen molar-refractivity contribution < 1.29 is 0 Å². The van der Waals surface area contributed by atoms with Crippen LogP contribution in [0.5, 0.6) is 0 Å². The molecule has 0 bridgehead atoms. The van der Waals surface area contributed by atoms with Crippen LogP contribution in [0.3, 0.4) is 0 Å². The molecule has 0 amide bonds. The van der Waals surface area contributed by atoms with Gasteiger partial charge >= 0.3 is 0 Å². The van der Waals surface area contributed by atoms with Crippen LogP contribution in [-0.4, -0.2) is 21.5 Å². The van der Waals surface area contributed by atoms with Crippen molar-refractivity contribution in [2.24, 2.45) is 0 Å². The largest absolute Gasteiger partial charge is 0.393 e. The lowest BCUT2D eigenvalue weighted by Crippen LogP contribution is -2.10. The molecule has 1 aliphatic carbocycles. The Bertz CT molecular complexity index is 725. The first-order valence-corrected chi connectivity index (χ1v) is 8.45. The molecule has 2 aromatic heterocycles. The third-order valence-corrected chi connectivity index (χ3v) is 4.14. The summed E-state index contributed by atoms with van der Waals surface area (Å²) >= 11 is 0. The number of pyridine rings is 1. The van der Waals surface area contributed by atoms with Gasteiger partial charge in [-0.25, -0.2) is 15.0 Å². The number of hydrogen-bond donors (Lipinski definition) is 3. The van der Waals surface area contributed by atoms with E-state index in [1.807, 2.05) is 25.1 Å². The first-order chi connectivity index (χ1) is 11.7. The molecule has 6 nitrogen and oxygen atoms in total. The highest BCUT2D eigenvalue weighted by atomic mass is 15.1. The van der Waals surface area contributed by atoms with Crippen molar-refractivity contribution in [3.05, 3.63) is 41.9 Å². The van der Waals surface area contributed by atoms with E-state index in [4.69, 9.17) is 5.73 Å². The molecule has 0 fully saturated rings. The smallest absolute Gasteiger partial charge is 0.160 e. The number of allylic oxidation sites excluding steroid dienone is 1. The molecule has 0 saturated carbocycles. The van der Waals surface area contributed by atoms with E-state index in [-0.39, 0.29) is 0 Å². The number of aromatic nitrogens is 3. The Labute approximate surface area is 142 Å². The molecule has 0 unspecified atom stereocenters. The maximum absolute atomic E-state index is 6.20. The lowest BCUT2D eigenvalue weighted by molar-refractivity contribution is 0.679. The highest BCUT2D eigenvalue weighted by Crippen LogP contribution is 2.26. The minimum atomic E-state index is 0.512. The normalized spacial score (nSPS) is 14.1. The van der Waals surface area contributed by atoms with Crippen LogP contribution in [0.25, 0.3) is 0 Å². The molecule has 0 saturated heterocycles. The van der Waals surface area contributed by atoms with Crippen LogP contribution in [0.4, 0.5) is 23.1 Å². The zero-order chi connectivity index (χ0) is 16.8. The monoisotopic (exact) mass is 324 g/mol. The first-order valence-electron chi connectivity index (χ1n) is 8.45. The summed E-state index contributed by atoms with van der Waals surface area (Å²) in [5.41, 5.74) is 9.18. The van der Waals surface area contributed by atoms with Crippen molar-refractivity contribution in [2.45, 2.75) is 39.0 Å². The molecular formula is C18H24N6. The summed E-state index contributed by atoms with van der Waals surface area (Å²) < 4.78 is 0. The van der Waals surface area contributed by atoms with Gasteiger partial charge in [0.2, 0.25) is 0 Å². The number of anilines is 4. The predicted octanol–water partition coefficient (Wildman–Crippen LogP) is 3.81. The molecule has 126 valence electrons. The van der Waals surface area contributed by atoms with Crippen LogP contribution in [0.2, 0.25) is 0 Å². The van der Waals surface area contributed by atoms with Gasteiger partial charge in [-0.1, -0.05) is 17.7 Å². The van der Waals surface area contributed by atoms with Gasteiger partial charge in [0, 0.05) is 12.2 Å². The molecule has 3 rings (SSSR count). The number of rotatable bonds is 6. The van der Waals surface area contributed by atoms with Crippen LogP contribution >= 0.6 is 0 Å². The van der Waals surface area contributed by atoms with Gasteiger partial charge in [0.15, 0.2) is 11.6 Å². The average Bonchev–Trinajstić information content (AvgIpc) is 2.59. The molecular weight excluding hydrogens is 300 g/mol. The zero-order valence-electron chi connectivity index (χ0n) is 14.0. The molecule has 2 heterocycles. The Morgan fingerprint density at radius 3 is 2.83 bits per heavy atom. The summed E-state index contributed by atoms with van der Waals surface area (Å²) in [5, 5.41) is 6.48. The number of nitrogens with one attached hydrogen (secondary N) is 2. The minimum Gasteiger partial charge on any atom is -0.393 e. The van der Waals surface area contributed by atoms with Gasteiger partial charge < -0.3 is 16.4 Å². The summed E-state index contributed by atoms with van der Waals surface area (Å²) in [6, 6.07) is 5.78. The van der Waals surface area contributed by atoms with E-state index in [2.05, 4.69) is 31.7 Å². The molecule has 0 atom stereocenters.